The molecule has 1 N–H and O–H groups in total. The third-order valence-corrected chi connectivity index (χ3v) is 4.61. The number of rotatable bonds is 3. The predicted octanol–water partition coefficient (Wildman–Crippen LogP) is 2.92. The Hall–Kier alpha value is 0.210. The molecule has 102 valence electrons. The maximum absolute atomic E-state index is 3.45. The molecule has 17 heavy (non-hydrogen) atoms. The first-order chi connectivity index (χ1) is 7.75. The lowest BCUT2D eigenvalue weighted by atomic mass is 9.86. The van der Waals surface area contributed by atoms with Gasteiger partial charge in [0, 0.05) is 12.6 Å². The van der Waals surface area contributed by atoms with E-state index in [-0.39, 0.29) is 12.4 Å². The molecule has 1 saturated heterocycles. The van der Waals surface area contributed by atoms with E-state index in [0.717, 1.165) is 17.9 Å². The summed E-state index contributed by atoms with van der Waals surface area (Å²) in [6.45, 7) is 6.21. The lowest BCUT2D eigenvalue weighted by Gasteiger charge is -2.36. The van der Waals surface area contributed by atoms with Crippen molar-refractivity contribution in [2.45, 2.75) is 51.5 Å². The monoisotopic (exact) mass is 260 g/mol. The summed E-state index contributed by atoms with van der Waals surface area (Å²) in [7, 11) is 2.35. The summed E-state index contributed by atoms with van der Waals surface area (Å²) < 4.78 is 0. The van der Waals surface area contributed by atoms with Gasteiger partial charge in [0.2, 0.25) is 0 Å². The molecule has 2 fully saturated rings. The van der Waals surface area contributed by atoms with Crippen LogP contribution in [0.2, 0.25) is 0 Å². The quantitative estimate of drug-likeness (QED) is 0.840. The lowest BCUT2D eigenvalue weighted by molar-refractivity contribution is 0.139. The zero-order chi connectivity index (χ0) is 11.4. The van der Waals surface area contributed by atoms with Crippen molar-refractivity contribution < 1.29 is 0 Å². The van der Waals surface area contributed by atoms with Crippen LogP contribution in [0.25, 0.3) is 0 Å². The van der Waals surface area contributed by atoms with Gasteiger partial charge in [-0.2, -0.15) is 0 Å². The minimum atomic E-state index is 0. The first-order valence-corrected chi connectivity index (χ1v) is 7.16. The van der Waals surface area contributed by atoms with E-state index in [9.17, 15) is 0 Å². The van der Waals surface area contributed by atoms with E-state index in [1.165, 1.54) is 58.2 Å². The number of hydrogen-bond acceptors (Lipinski definition) is 2. The number of nitrogens with one attached hydrogen (secondary N) is 1. The second kappa shape index (κ2) is 7.60. The molecule has 1 heterocycles. The maximum Gasteiger partial charge on any atom is 0.00925 e. The van der Waals surface area contributed by atoms with Crippen molar-refractivity contribution in [3.8, 4) is 0 Å². The zero-order valence-corrected chi connectivity index (χ0v) is 12.3. The average Bonchev–Trinajstić information content (AvgIpc) is 2.31. The molecule has 1 aliphatic heterocycles. The fourth-order valence-corrected chi connectivity index (χ4v) is 3.30. The zero-order valence-electron chi connectivity index (χ0n) is 11.5. The molecule has 0 aromatic carbocycles. The van der Waals surface area contributed by atoms with Gasteiger partial charge in [-0.15, -0.1) is 12.4 Å². The molecule has 2 rings (SSSR count). The molecule has 0 atom stereocenters. The van der Waals surface area contributed by atoms with Crippen LogP contribution in [0, 0.1) is 11.8 Å². The Morgan fingerprint density at radius 3 is 2.18 bits per heavy atom. The Balaban J connectivity index is 0.00000144. The van der Waals surface area contributed by atoms with Crippen LogP contribution in [-0.2, 0) is 0 Å². The van der Waals surface area contributed by atoms with Gasteiger partial charge in [-0.1, -0.05) is 6.92 Å². The molecule has 0 radical (unpaired) electrons. The normalized spacial score (nSPS) is 31.2. The molecule has 1 aliphatic carbocycles. The largest absolute Gasteiger partial charge is 0.317 e. The number of piperidine rings is 1. The summed E-state index contributed by atoms with van der Waals surface area (Å²) in [5, 5.41) is 3.45. The van der Waals surface area contributed by atoms with Gasteiger partial charge in [-0.3, -0.25) is 0 Å². The Kier molecular flexibility index (Phi) is 6.83. The van der Waals surface area contributed by atoms with Crippen molar-refractivity contribution in [1.82, 2.24) is 10.2 Å². The van der Waals surface area contributed by atoms with Gasteiger partial charge >= 0.3 is 0 Å². The molecule has 0 unspecified atom stereocenters. The Bertz CT molecular complexity index is 196. The van der Waals surface area contributed by atoms with Crippen LogP contribution in [0.1, 0.15) is 45.4 Å². The van der Waals surface area contributed by atoms with Crippen LogP contribution in [0.5, 0.6) is 0 Å². The van der Waals surface area contributed by atoms with E-state index in [1.807, 2.05) is 0 Å². The third-order valence-electron chi connectivity index (χ3n) is 4.61. The fraction of sp³-hybridized carbons (Fsp3) is 1.00. The van der Waals surface area contributed by atoms with Crippen molar-refractivity contribution >= 4 is 12.4 Å². The summed E-state index contributed by atoms with van der Waals surface area (Å²) in [4.78, 5) is 2.65. The molecule has 0 spiro atoms. The molecule has 3 heteroatoms. The molecular formula is C14H29ClN2. The Morgan fingerprint density at radius 1 is 1.00 bits per heavy atom. The average molecular weight is 261 g/mol. The molecular weight excluding hydrogens is 232 g/mol. The van der Waals surface area contributed by atoms with Crippen LogP contribution >= 0.6 is 12.4 Å². The summed E-state index contributed by atoms with van der Waals surface area (Å²) in [6.07, 6.45) is 8.52. The van der Waals surface area contributed by atoms with E-state index < -0.39 is 0 Å². The van der Waals surface area contributed by atoms with Crippen LogP contribution in [-0.4, -0.2) is 37.6 Å². The van der Waals surface area contributed by atoms with E-state index in [4.69, 9.17) is 0 Å². The molecule has 2 aliphatic rings. The summed E-state index contributed by atoms with van der Waals surface area (Å²) >= 11 is 0. The fourth-order valence-electron chi connectivity index (χ4n) is 3.30. The number of nitrogens with zero attached hydrogens (tertiary/aromatic N) is 1. The van der Waals surface area contributed by atoms with E-state index >= 15 is 0 Å². The topological polar surface area (TPSA) is 15.3 Å². The highest BCUT2D eigenvalue weighted by molar-refractivity contribution is 5.85. The molecule has 0 aromatic rings. The molecule has 0 bridgehead atoms. The summed E-state index contributed by atoms with van der Waals surface area (Å²) in [6, 6.07) is 0.881. The van der Waals surface area contributed by atoms with Gasteiger partial charge in [-0.05, 0) is 70.5 Å². The highest BCUT2D eigenvalue weighted by atomic mass is 35.5. The standard InChI is InChI=1S/C14H28N2.ClH/c1-12-3-5-14(6-4-12)16(2)11-13-7-9-15-10-8-13;/h12-15H,3-11H2,1-2H3;1H. The Labute approximate surface area is 113 Å². The smallest absolute Gasteiger partial charge is 0.00925 e. The Morgan fingerprint density at radius 2 is 1.59 bits per heavy atom. The molecule has 0 amide bonds. The van der Waals surface area contributed by atoms with Crippen molar-refractivity contribution in [3.05, 3.63) is 0 Å². The van der Waals surface area contributed by atoms with Crippen LogP contribution in [0.4, 0.5) is 0 Å². The van der Waals surface area contributed by atoms with E-state index in [1.54, 1.807) is 0 Å². The highest BCUT2D eigenvalue weighted by Crippen LogP contribution is 2.27. The van der Waals surface area contributed by atoms with Crippen molar-refractivity contribution in [2.75, 3.05) is 26.7 Å². The lowest BCUT2D eigenvalue weighted by Crippen LogP contribution is -2.40. The van der Waals surface area contributed by atoms with Crippen molar-refractivity contribution in [1.29, 1.82) is 0 Å². The second-order valence-corrected chi connectivity index (χ2v) is 6.05. The van der Waals surface area contributed by atoms with Crippen LogP contribution < -0.4 is 5.32 Å². The van der Waals surface area contributed by atoms with Crippen LogP contribution in [0.15, 0.2) is 0 Å². The van der Waals surface area contributed by atoms with Gasteiger partial charge in [0.15, 0.2) is 0 Å². The second-order valence-electron chi connectivity index (χ2n) is 6.05. The minimum absolute atomic E-state index is 0. The van der Waals surface area contributed by atoms with Gasteiger partial charge < -0.3 is 10.2 Å². The van der Waals surface area contributed by atoms with Gasteiger partial charge in [0.25, 0.3) is 0 Å². The molecule has 0 aromatic heterocycles. The maximum atomic E-state index is 3.45. The molecule has 1 saturated carbocycles. The van der Waals surface area contributed by atoms with Crippen molar-refractivity contribution in [2.24, 2.45) is 11.8 Å². The summed E-state index contributed by atoms with van der Waals surface area (Å²) in [5.74, 6) is 1.93. The van der Waals surface area contributed by atoms with Crippen LogP contribution in [0.3, 0.4) is 0 Å². The van der Waals surface area contributed by atoms with Gasteiger partial charge in [0.1, 0.15) is 0 Å². The molecule has 2 nitrogen and oxygen atoms in total. The summed E-state index contributed by atoms with van der Waals surface area (Å²) in [5.41, 5.74) is 0. The van der Waals surface area contributed by atoms with E-state index in [0.29, 0.717) is 0 Å². The predicted molar refractivity (Wildman–Crippen MR) is 76.9 cm³/mol. The highest BCUT2D eigenvalue weighted by Gasteiger charge is 2.24. The van der Waals surface area contributed by atoms with Gasteiger partial charge in [0.05, 0.1) is 0 Å². The van der Waals surface area contributed by atoms with E-state index in [2.05, 4.69) is 24.2 Å². The first-order valence-electron chi connectivity index (χ1n) is 7.16. The SMILES string of the molecule is CC1CCC(N(C)CC2CCNCC2)CC1.Cl. The number of halogens is 1. The van der Waals surface area contributed by atoms with Gasteiger partial charge in [-0.25, -0.2) is 0 Å². The van der Waals surface area contributed by atoms with Crippen molar-refractivity contribution in [3.63, 3.8) is 0 Å². The number of hydrogen-bond donors (Lipinski definition) is 1. The third kappa shape index (κ3) is 4.76. The first kappa shape index (κ1) is 15.3. The minimum Gasteiger partial charge on any atom is -0.317 e.